The summed E-state index contributed by atoms with van der Waals surface area (Å²) >= 11 is 3.62. The van der Waals surface area contributed by atoms with Gasteiger partial charge in [-0.2, -0.15) is 0 Å². The Morgan fingerprint density at radius 2 is 1.56 bits per heavy atom. The Kier molecular flexibility index (Phi) is 4.67. The molecule has 4 heteroatoms. The van der Waals surface area contributed by atoms with Gasteiger partial charge in [0.25, 0.3) is 0 Å². The zero-order valence-electron chi connectivity index (χ0n) is 12.0. The number of rotatable bonds is 4. The van der Waals surface area contributed by atoms with Crippen molar-refractivity contribution in [1.82, 2.24) is 0 Å². The summed E-state index contributed by atoms with van der Waals surface area (Å²) in [5, 5.41) is 0. The number of nitrogens with two attached hydrogens (primary N) is 1. The van der Waals surface area contributed by atoms with E-state index >= 15 is 0 Å². The smallest absolute Gasteiger partial charge is 0.165 e. The van der Waals surface area contributed by atoms with Crippen LogP contribution in [-0.4, -0.2) is 19.8 Å². The van der Waals surface area contributed by atoms with Crippen molar-refractivity contribution in [1.29, 1.82) is 0 Å². The summed E-state index contributed by atoms with van der Waals surface area (Å²) in [6.07, 6.45) is 0.733. The molecule has 0 atom stereocenters. The van der Waals surface area contributed by atoms with Crippen LogP contribution in [0.25, 0.3) is 0 Å². The number of ether oxygens (including phenoxy) is 2. The SMILES string of the molecule is COc1c(C)c(Br)c(C)c(CC(C)(C)N)c1OC. The van der Waals surface area contributed by atoms with Crippen LogP contribution in [0.2, 0.25) is 0 Å². The largest absolute Gasteiger partial charge is 0.493 e. The van der Waals surface area contributed by atoms with E-state index in [1.165, 1.54) is 0 Å². The van der Waals surface area contributed by atoms with Crippen LogP contribution in [0, 0.1) is 13.8 Å². The normalized spacial score (nSPS) is 11.6. The molecule has 0 aliphatic carbocycles. The van der Waals surface area contributed by atoms with Gasteiger partial charge in [-0.25, -0.2) is 0 Å². The topological polar surface area (TPSA) is 44.5 Å². The summed E-state index contributed by atoms with van der Waals surface area (Å²) in [5.74, 6) is 1.56. The van der Waals surface area contributed by atoms with Crippen LogP contribution < -0.4 is 15.2 Å². The van der Waals surface area contributed by atoms with E-state index in [0.717, 1.165) is 39.1 Å². The average molecular weight is 316 g/mol. The Morgan fingerprint density at radius 3 is 1.94 bits per heavy atom. The second-order valence-corrected chi connectivity index (χ2v) is 6.07. The fourth-order valence-electron chi connectivity index (χ4n) is 2.12. The molecule has 0 fully saturated rings. The van der Waals surface area contributed by atoms with E-state index in [2.05, 4.69) is 22.9 Å². The fourth-order valence-corrected chi connectivity index (χ4v) is 2.54. The first-order valence-electron chi connectivity index (χ1n) is 5.91. The molecular formula is C14H22BrNO2. The molecule has 1 rings (SSSR count). The molecule has 18 heavy (non-hydrogen) atoms. The fraction of sp³-hybridized carbons (Fsp3) is 0.571. The number of halogens is 1. The van der Waals surface area contributed by atoms with Crippen LogP contribution in [0.15, 0.2) is 4.47 Å². The highest BCUT2D eigenvalue weighted by Crippen LogP contribution is 2.42. The maximum atomic E-state index is 6.13. The third kappa shape index (κ3) is 2.98. The van der Waals surface area contributed by atoms with Crippen molar-refractivity contribution in [3.05, 3.63) is 21.2 Å². The van der Waals surface area contributed by atoms with Crippen molar-refractivity contribution in [2.45, 2.75) is 39.7 Å². The molecule has 1 aromatic carbocycles. The van der Waals surface area contributed by atoms with E-state index in [-0.39, 0.29) is 5.54 Å². The van der Waals surface area contributed by atoms with Crippen LogP contribution in [0.4, 0.5) is 0 Å². The highest BCUT2D eigenvalue weighted by Gasteiger charge is 2.23. The highest BCUT2D eigenvalue weighted by atomic mass is 79.9. The molecule has 3 nitrogen and oxygen atoms in total. The number of methoxy groups -OCH3 is 2. The zero-order valence-corrected chi connectivity index (χ0v) is 13.6. The van der Waals surface area contributed by atoms with E-state index in [0.29, 0.717) is 0 Å². The summed E-state index contributed by atoms with van der Waals surface area (Å²) in [4.78, 5) is 0. The Hall–Kier alpha value is -0.740. The van der Waals surface area contributed by atoms with Gasteiger partial charge in [-0.3, -0.25) is 0 Å². The summed E-state index contributed by atoms with van der Waals surface area (Å²) in [5.41, 5.74) is 9.13. The van der Waals surface area contributed by atoms with Gasteiger partial charge in [0.1, 0.15) is 0 Å². The molecule has 0 amide bonds. The van der Waals surface area contributed by atoms with Crippen LogP contribution in [-0.2, 0) is 6.42 Å². The highest BCUT2D eigenvalue weighted by molar-refractivity contribution is 9.10. The molecule has 2 N–H and O–H groups in total. The quantitative estimate of drug-likeness (QED) is 0.926. The first-order valence-corrected chi connectivity index (χ1v) is 6.70. The molecule has 0 aliphatic rings. The Morgan fingerprint density at radius 1 is 1.06 bits per heavy atom. The number of benzene rings is 1. The molecule has 0 radical (unpaired) electrons. The van der Waals surface area contributed by atoms with Gasteiger partial charge in [-0.1, -0.05) is 15.9 Å². The standard InChI is InChI=1S/C14H22BrNO2/c1-8-10(7-14(3,4)16)13(18-6)12(17-5)9(2)11(8)15/h7,16H2,1-6H3. The summed E-state index contributed by atoms with van der Waals surface area (Å²) < 4.78 is 12.0. The monoisotopic (exact) mass is 315 g/mol. The number of hydrogen-bond donors (Lipinski definition) is 1. The zero-order chi connectivity index (χ0) is 14.1. The molecule has 0 aliphatic heterocycles. The van der Waals surface area contributed by atoms with Gasteiger partial charge in [0.15, 0.2) is 11.5 Å². The molecule has 102 valence electrons. The number of hydrogen-bond acceptors (Lipinski definition) is 3. The summed E-state index contributed by atoms with van der Waals surface area (Å²) in [6, 6.07) is 0. The van der Waals surface area contributed by atoms with Gasteiger partial charge in [-0.15, -0.1) is 0 Å². The second kappa shape index (κ2) is 5.49. The molecular weight excluding hydrogens is 294 g/mol. The van der Waals surface area contributed by atoms with E-state index in [1.807, 2.05) is 20.8 Å². The molecule has 0 saturated heterocycles. The molecule has 1 aromatic rings. The van der Waals surface area contributed by atoms with Gasteiger partial charge in [0.2, 0.25) is 0 Å². The predicted octanol–water partition coefficient (Wildman–Crippen LogP) is 3.36. The molecule has 0 bridgehead atoms. The van der Waals surface area contributed by atoms with Crippen molar-refractivity contribution < 1.29 is 9.47 Å². The van der Waals surface area contributed by atoms with Crippen LogP contribution in [0.1, 0.15) is 30.5 Å². The van der Waals surface area contributed by atoms with Crippen molar-refractivity contribution in [3.8, 4) is 11.5 Å². The molecule has 0 aromatic heterocycles. The Labute approximate surface area is 118 Å². The van der Waals surface area contributed by atoms with Gasteiger partial charge in [0, 0.05) is 21.1 Å². The molecule has 0 saturated carbocycles. The second-order valence-electron chi connectivity index (χ2n) is 5.27. The lowest BCUT2D eigenvalue weighted by Crippen LogP contribution is -2.35. The van der Waals surface area contributed by atoms with Crippen molar-refractivity contribution in [3.63, 3.8) is 0 Å². The minimum Gasteiger partial charge on any atom is -0.493 e. The van der Waals surface area contributed by atoms with Crippen LogP contribution >= 0.6 is 15.9 Å². The minimum atomic E-state index is -0.294. The summed E-state index contributed by atoms with van der Waals surface area (Å²) in [7, 11) is 3.32. The summed E-state index contributed by atoms with van der Waals surface area (Å²) in [6.45, 7) is 8.09. The Balaban J connectivity index is 3.53. The Bertz CT molecular complexity index is 450. The van der Waals surface area contributed by atoms with Crippen LogP contribution in [0.3, 0.4) is 0 Å². The first-order chi connectivity index (χ1) is 8.22. The molecule has 0 heterocycles. The van der Waals surface area contributed by atoms with Crippen molar-refractivity contribution in [2.24, 2.45) is 5.73 Å². The predicted molar refractivity (Wildman–Crippen MR) is 78.7 cm³/mol. The van der Waals surface area contributed by atoms with E-state index in [1.54, 1.807) is 14.2 Å². The molecule has 0 spiro atoms. The van der Waals surface area contributed by atoms with E-state index < -0.39 is 0 Å². The van der Waals surface area contributed by atoms with Crippen molar-refractivity contribution >= 4 is 15.9 Å². The van der Waals surface area contributed by atoms with Gasteiger partial charge < -0.3 is 15.2 Å². The maximum absolute atomic E-state index is 6.13. The first kappa shape index (κ1) is 15.3. The lowest BCUT2D eigenvalue weighted by molar-refractivity contribution is 0.346. The van der Waals surface area contributed by atoms with Crippen molar-refractivity contribution in [2.75, 3.05) is 14.2 Å². The van der Waals surface area contributed by atoms with Crippen LogP contribution in [0.5, 0.6) is 11.5 Å². The third-order valence-corrected chi connectivity index (χ3v) is 4.16. The van der Waals surface area contributed by atoms with Gasteiger partial charge in [-0.05, 0) is 39.7 Å². The average Bonchev–Trinajstić information content (AvgIpc) is 2.28. The third-order valence-electron chi connectivity index (χ3n) is 2.97. The minimum absolute atomic E-state index is 0.294. The van der Waals surface area contributed by atoms with E-state index in [4.69, 9.17) is 15.2 Å². The lowest BCUT2D eigenvalue weighted by Gasteiger charge is -2.25. The maximum Gasteiger partial charge on any atom is 0.165 e. The van der Waals surface area contributed by atoms with Gasteiger partial charge >= 0.3 is 0 Å². The van der Waals surface area contributed by atoms with E-state index in [9.17, 15) is 0 Å². The lowest BCUT2D eigenvalue weighted by atomic mass is 9.91. The van der Waals surface area contributed by atoms with Gasteiger partial charge in [0.05, 0.1) is 14.2 Å². The molecule has 0 unspecified atom stereocenters.